The zero-order valence-electron chi connectivity index (χ0n) is 17.2. The summed E-state index contributed by atoms with van der Waals surface area (Å²) in [6.45, 7) is 4.36. The van der Waals surface area contributed by atoms with Crippen LogP contribution in [0.1, 0.15) is 44.5 Å². The fraction of sp³-hybridized carbons (Fsp3) is 0.500. The lowest BCUT2D eigenvalue weighted by Gasteiger charge is -2.31. The van der Waals surface area contributed by atoms with Crippen molar-refractivity contribution in [2.75, 3.05) is 18.0 Å². The lowest BCUT2D eigenvalue weighted by Crippen LogP contribution is -2.34. The molecule has 0 N–H and O–H groups in total. The molecule has 2 fully saturated rings. The molecule has 0 radical (unpaired) electrons. The molecule has 1 aromatic carbocycles. The second kappa shape index (κ2) is 8.29. The Morgan fingerprint density at radius 1 is 1.16 bits per heavy atom. The number of nitro groups is 1. The molecule has 3 heterocycles. The van der Waals surface area contributed by atoms with Gasteiger partial charge in [-0.05, 0) is 43.7 Å². The van der Waals surface area contributed by atoms with E-state index in [0.29, 0.717) is 29.1 Å². The van der Waals surface area contributed by atoms with E-state index in [9.17, 15) is 10.1 Å². The van der Waals surface area contributed by atoms with Crippen LogP contribution < -0.4 is 4.90 Å². The van der Waals surface area contributed by atoms with E-state index in [-0.39, 0.29) is 5.69 Å². The summed E-state index contributed by atoms with van der Waals surface area (Å²) in [5.41, 5.74) is 0.703. The molecule has 0 spiro atoms. The van der Waals surface area contributed by atoms with Crippen molar-refractivity contribution in [2.45, 2.75) is 49.6 Å². The molecule has 11 heteroatoms. The number of piperidine rings is 1. The predicted molar refractivity (Wildman–Crippen MR) is 115 cm³/mol. The Balaban J connectivity index is 1.28. The highest BCUT2D eigenvalue weighted by Crippen LogP contribution is 2.42. The van der Waals surface area contributed by atoms with Gasteiger partial charge >= 0.3 is 0 Å². The van der Waals surface area contributed by atoms with Crippen molar-refractivity contribution in [3.05, 3.63) is 40.3 Å². The summed E-state index contributed by atoms with van der Waals surface area (Å²) in [7, 11) is 0. The quantitative estimate of drug-likeness (QED) is 0.303. The van der Waals surface area contributed by atoms with Gasteiger partial charge in [-0.2, -0.15) is 4.98 Å². The Morgan fingerprint density at radius 3 is 2.58 bits per heavy atom. The van der Waals surface area contributed by atoms with Crippen molar-refractivity contribution in [3.63, 3.8) is 0 Å². The topological polar surface area (TPSA) is 116 Å². The Labute approximate surface area is 183 Å². The molecular weight excluding hydrogens is 418 g/mol. The average Bonchev–Trinajstić information content (AvgIpc) is 3.35. The number of benzene rings is 1. The number of anilines is 1. The number of hydrogen-bond donors (Lipinski definition) is 0. The number of thioether (sulfide) groups is 1. The molecule has 1 saturated carbocycles. The highest BCUT2D eigenvalue weighted by atomic mass is 32.2. The molecule has 3 aromatic rings. The minimum absolute atomic E-state index is 0.0291. The van der Waals surface area contributed by atoms with E-state index in [1.165, 1.54) is 25.0 Å². The normalized spacial score (nSPS) is 17.3. The first-order valence-electron chi connectivity index (χ1n) is 10.5. The molecule has 0 bridgehead atoms. The fourth-order valence-corrected chi connectivity index (χ4v) is 4.57. The van der Waals surface area contributed by atoms with E-state index in [0.717, 1.165) is 43.0 Å². The van der Waals surface area contributed by atoms with E-state index in [4.69, 9.17) is 4.52 Å². The van der Waals surface area contributed by atoms with Crippen LogP contribution in [0.3, 0.4) is 0 Å². The van der Waals surface area contributed by atoms with Gasteiger partial charge in [0.25, 0.3) is 5.69 Å². The Bertz CT molecular complexity index is 1070. The summed E-state index contributed by atoms with van der Waals surface area (Å²) in [6.07, 6.45) is 4.70. The number of rotatable bonds is 7. The van der Waals surface area contributed by atoms with Crippen molar-refractivity contribution in [1.29, 1.82) is 0 Å². The first-order valence-corrected chi connectivity index (χ1v) is 11.5. The second-order valence-electron chi connectivity index (χ2n) is 8.16. The van der Waals surface area contributed by atoms with Crippen LogP contribution in [0.5, 0.6) is 0 Å². The molecule has 1 aliphatic heterocycles. The highest BCUT2D eigenvalue weighted by molar-refractivity contribution is 7.98. The summed E-state index contributed by atoms with van der Waals surface area (Å²) in [4.78, 5) is 17.2. The Hall–Kier alpha value is -2.95. The smallest absolute Gasteiger partial charge is 0.269 e. The van der Waals surface area contributed by atoms with Crippen molar-refractivity contribution >= 4 is 23.4 Å². The van der Waals surface area contributed by atoms with Crippen LogP contribution in [0.15, 0.2) is 33.9 Å². The Kier molecular flexibility index (Phi) is 5.34. The van der Waals surface area contributed by atoms with Gasteiger partial charge in [0.1, 0.15) is 0 Å². The maximum absolute atomic E-state index is 10.8. The van der Waals surface area contributed by atoms with E-state index in [1.807, 2.05) is 0 Å². The summed E-state index contributed by atoms with van der Waals surface area (Å²) < 4.78 is 7.66. The molecule has 2 aliphatic rings. The van der Waals surface area contributed by atoms with Crippen molar-refractivity contribution in [2.24, 2.45) is 5.92 Å². The van der Waals surface area contributed by atoms with Crippen molar-refractivity contribution in [3.8, 4) is 11.4 Å². The third-order valence-corrected chi connectivity index (χ3v) is 6.68. The minimum Gasteiger partial charge on any atom is -0.341 e. The van der Waals surface area contributed by atoms with Crippen molar-refractivity contribution in [1.82, 2.24) is 24.9 Å². The van der Waals surface area contributed by atoms with E-state index >= 15 is 0 Å². The zero-order chi connectivity index (χ0) is 21.4. The molecule has 1 aliphatic carbocycles. The lowest BCUT2D eigenvalue weighted by atomic mass is 10.00. The third kappa shape index (κ3) is 4.27. The Morgan fingerprint density at radius 2 is 1.90 bits per heavy atom. The maximum atomic E-state index is 10.8. The molecular formula is C20H23N7O3S. The predicted octanol–water partition coefficient (Wildman–Crippen LogP) is 4.10. The molecule has 2 aromatic heterocycles. The van der Waals surface area contributed by atoms with Gasteiger partial charge in [0, 0.05) is 36.8 Å². The summed E-state index contributed by atoms with van der Waals surface area (Å²) >= 11 is 1.55. The SMILES string of the molecule is CC1CCN(c2nnc(SCc3nc(-c4ccc([N+](=O)[O-])cc4)no3)n2C2CC2)CC1. The highest BCUT2D eigenvalue weighted by Gasteiger charge is 2.32. The molecule has 10 nitrogen and oxygen atoms in total. The minimum atomic E-state index is -0.434. The zero-order valence-corrected chi connectivity index (χ0v) is 18.0. The van der Waals surface area contributed by atoms with Gasteiger partial charge in [-0.1, -0.05) is 23.8 Å². The number of nitrogens with zero attached hydrogens (tertiary/aromatic N) is 7. The molecule has 5 rings (SSSR count). The monoisotopic (exact) mass is 441 g/mol. The van der Waals surface area contributed by atoms with E-state index < -0.39 is 4.92 Å². The van der Waals surface area contributed by atoms with Gasteiger partial charge in [0.05, 0.1) is 10.7 Å². The van der Waals surface area contributed by atoms with Crippen LogP contribution in [0, 0.1) is 16.0 Å². The molecule has 0 unspecified atom stereocenters. The van der Waals surface area contributed by atoms with Crippen LogP contribution >= 0.6 is 11.8 Å². The van der Waals surface area contributed by atoms with Gasteiger partial charge in [-0.25, -0.2) is 0 Å². The van der Waals surface area contributed by atoms with Gasteiger partial charge in [0.15, 0.2) is 5.16 Å². The van der Waals surface area contributed by atoms with Crippen LogP contribution in [0.2, 0.25) is 0 Å². The lowest BCUT2D eigenvalue weighted by molar-refractivity contribution is -0.384. The molecule has 0 amide bonds. The molecule has 31 heavy (non-hydrogen) atoms. The van der Waals surface area contributed by atoms with Crippen LogP contribution in [0.4, 0.5) is 11.6 Å². The summed E-state index contributed by atoms with van der Waals surface area (Å²) in [5, 5.41) is 24.7. The first kappa shape index (κ1) is 20.0. The fourth-order valence-electron chi connectivity index (χ4n) is 3.73. The number of aromatic nitrogens is 5. The first-order chi connectivity index (χ1) is 15.1. The largest absolute Gasteiger partial charge is 0.341 e. The summed E-state index contributed by atoms with van der Waals surface area (Å²) in [5.74, 6) is 3.13. The molecule has 0 atom stereocenters. The van der Waals surface area contributed by atoms with Gasteiger partial charge in [-0.15, -0.1) is 10.2 Å². The molecule has 1 saturated heterocycles. The van der Waals surface area contributed by atoms with E-state index in [1.54, 1.807) is 23.9 Å². The number of non-ortho nitro benzene ring substituents is 1. The van der Waals surface area contributed by atoms with Gasteiger partial charge < -0.3 is 9.42 Å². The number of hydrogen-bond acceptors (Lipinski definition) is 9. The number of nitro benzene ring substituents is 1. The van der Waals surface area contributed by atoms with Crippen LogP contribution in [-0.2, 0) is 5.75 Å². The molecule has 162 valence electrons. The maximum Gasteiger partial charge on any atom is 0.269 e. The second-order valence-corrected chi connectivity index (χ2v) is 9.10. The van der Waals surface area contributed by atoms with E-state index in [2.05, 4.69) is 36.7 Å². The van der Waals surface area contributed by atoms with Crippen LogP contribution in [0.25, 0.3) is 11.4 Å². The third-order valence-electron chi connectivity index (χ3n) is 5.75. The average molecular weight is 442 g/mol. The van der Waals surface area contributed by atoms with Gasteiger partial charge in [-0.3, -0.25) is 14.7 Å². The van der Waals surface area contributed by atoms with Gasteiger partial charge in [0.2, 0.25) is 17.7 Å². The van der Waals surface area contributed by atoms with Crippen LogP contribution in [-0.4, -0.2) is 42.9 Å². The summed E-state index contributed by atoms with van der Waals surface area (Å²) in [6, 6.07) is 6.58. The van der Waals surface area contributed by atoms with Crippen molar-refractivity contribution < 1.29 is 9.45 Å². The standard InChI is InChI=1S/C20H23N7O3S/c1-13-8-10-25(11-9-13)19-22-23-20(26(19)15-6-7-15)31-12-17-21-18(24-30-17)14-2-4-16(5-3-14)27(28)29/h2-5,13,15H,6-12H2,1H3.